The molecule has 14 heavy (non-hydrogen) atoms. The summed E-state index contributed by atoms with van der Waals surface area (Å²) in [6.07, 6.45) is -1.74. The molecule has 3 nitrogen and oxygen atoms in total. The normalized spacial score (nSPS) is 11.9. The number of alkyl halides is 3. The summed E-state index contributed by atoms with van der Waals surface area (Å²) in [6.45, 7) is 0. The first kappa shape index (κ1) is 8.86. The summed E-state index contributed by atoms with van der Waals surface area (Å²) in [7, 11) is 0. The number of pyridine rings is 1. The maximum Gasteiger partial charge on any atom is 0.433 e. The molecule has 0 aliphatic heterocycles. The fourth-order valence-corrected chi connectivity index (χ4v) is 1.01. The summed E-state index contributed by atoms with van der Waals surface area (Å²) in [6, 6.07) is 2.13. The van der Waals surface area contributed by atoms with Gasteiger partial charge < -0.3 is 0 Å². The molecule has 0 aromatic carbocycles. The van der Waals surface area contributed by atoms with Crippen LogP contribution < -0.4 is 0 Å². The van der Waals surface area contributed by atoms with Gasteiger partial charge in [0.1, 0.15) is 11.2 Å². The Kier molecular flexibility index (Phi) is 1.83. The van der Waals surface area contributed by atoms with Gasteiger partial charge in [-0.05, 0) is 12.1 Å². The number of hydrogen-bond acceptors (Lipinski definition) is 3. The highest BCUT2D eigenvalue weighted by atomic mass is 19.4. The predicted octanol–water partition coefficient (Wildman–Crippen LogP) is 2.04. The molecule has 0 radical (unpaired) electrons. The lowest BCUT2D eigenvalue weighted by Crippen LogP contribution is -2.08. The van der Waals surface area contributed by atoms with Crippen molar-refractivity contribution < 1.29 is 13.2 Å². The minimum absolute atomic E-state index is 0.00215. The number of nitrogens with zero attached hydrogens (tertiary/aromatic N) is 3. The molecule has 2 aromatic rings. The van der Waals surface area contributed by atoms with Crippen LogP contribution in [0.5, 0.6) is 0 Å². The van der Waals surface area contributed by atoms with Crippen LogP contribution in [0, 0.1) is 0 Å². The topological polar surface area (TPSA) is 38.7 Å². The second-order valence-corrected chi connectivity index (χ2v) is 2.59. The van der Waals surface area contributed by atoms with Gasteiger partial charge in [0.25, 0.3) is 0 Å². The van der Waals surface area contributed by atoms with Gasteiger partial charge in [0.2, 0.25) is 0 Å². The van der Waals surface area contributed by atoms with Crippen molar-refractivity contribution in [1.82, 2.24) is 15.0 Å². The number of rotatable bonds is 0. The van der Waals surface area contributed by atoms with Gasteiger partial charge in [-0.2, -0.15) is 13.2 Å². The summed E-state index contributed by atoms with van der Waals surface area (Å²) in [5.41, 5.74) is -0.603. The molecule has 0 saturated carbocycles. The zero-order valence-corrected chi connectivity index (χ0v) is 6.78. The molecular formula is C8H4F3N3. The zero-order valence-electron chi connectivity index (χ0n) is 6.78. The lowest BCUT2D eigenvalue weighted by molar-refractivity contribution is -0.141. The van der Waals surface area contributed by atoms with Gasteiger partial charge in [-0.25, -0.2) is 9.97 Å². The summed E-state index contributed by atoms with van der Waals surface area (Å²) in [5, 5.41) is 0. The van der Waals surface area contributed by atoms with Crippen LogP contribution in [0.3, 0.4) is 0 Å². The second-order valence-electron chi connectivity index (χ2n) is 2.59. The molecule has 0 fully saturated rings. The van der Waals surface area contributed by atoms with E-state index in [9.17, 15) is 13.2 Å². The Morgan fingerprint density at radius 2 is 1.71 bits per heavy atom. The molecule has 0 bridgehead atoms. The van der Waals surface area contributed by atoms with Crippen LogP contribution in [-0.4, -0.2) is 15.0 Å². The maximum absolute atomic E-state index is 12.2. The van der Waals surface area contributed by atoms with Gasteiger partial charge in [0.05, 0.1) is 0 Å². The van der Waals surface area contributed by atoms with E-state index in [1.54, 1.807) is 0 Å². The molecule has 0 N–H and O–H groups in total. The molecular weight excluding hydrogens is 195 g/mol. The molecule has 2 rings (SSSR count). The van der Waals surface area contributed by atoms with Crippen LogP contribution in [0.4, 0.5) is 13.2 Å². The monoisotopic (exact) mass is 199 g/mol. The SMILES string of the molecule is FC(F)(F)c1ccc2nccnc2n1. The third kappa shape index (κ3) is 1.50. The maximum atomic E-state index is 12.2. The zero-order chi connectivity index (χ0) is 10.2. The summed E-state index contributed by atoms with van der Waals surface area (Å²) in [5.74, 6) is 0. The van der Waals surface area contributed by atoms with Gasteiger partial charge in [-0.15, -0.1) is 0 Å². The van der Waals surface area contributed by atoms with Gasteiger partial charge in [0, 0.05) is 12.4 Å². The fraction of sp³-hybridized carbons (Fsp3) is 0.125. The lowest BCUT2D eigenvalue weighted by Gasteiger charge is -2.04. The highest BCUT2D eigenvalue weighted by Gasteiger charge is 2.32. The highest BCUT2D eigenvalue weighted by Crippen LogP contribution is 2.27. The van der Waals surface area contributed by atoms with Crippen molar-refractivity contribution in [3.8, 4) is 0 Å². The molecule has 0 spiro atoms. The van der Waals surface area contributed by atoms with E-state index in [0.717, 1.165) is 6.07 Å². The lowest BCUT2D eigenvalue weighted by atomic mass is 10.3. The molecule has 2 aromatic heterocycles. The van der Waals surface area contributed by atoms with E-state index in [4.69, 9.17) is 0 Å². The van der Waals surface area contributed by atoms with Crippen LogP contribution in [0.25, 0.3) is 11.2 Å². The van der Waals surface area contributed by atoms with Crippen molar-refractivity contribution in [2.45, 2.75) is 6.18 Å². The van der Waals surface area contributed by atoms with Gasteiger partial charge in [-0.1, -0.05) is 0 Å². The number of hydrogen-bond donors (Lipinski definition) is 0. The van der Waals surface area contributed by atoms with Crippen LogP contribution in [0.2, 0.25) is 0 Å². The Balaban J connectivity index is 2.63. The first-order chi connectivity index (χ1) is 6.57. The molecule has 0 saturated heterocycles. The van der Waals surface area contributed by atoms with Gasteiger partial charge >= 0.3 is 6.18 Å². The highest BCUT2D eigenvalue weighted by molar-refractivity contribution is 5.68. The third-order valence-corrected chi connectivity index (χ3v) is 1.62. The minimum Gasteiger partial charge on any atom is -0.251 e. The average Bonchev–Trinajstić information content (AvgIpc) is 2.16. The molecule has 2 heterocycles. The molecule has 0 aliphatic rings. The van der Waals surface area contributed by atoms with Gasteiger partial charge in [-0.3, -0.25) is 4.98 Å². The van der Waals surface area contributed by atoms with Crippen molar-refractivity contribution in [3.05, 3.63) is 30.2 Å². The summed E-state index contributed by atoms with van der Waals surface area (Å²) < 4.78 is 36.6. The summed E-state index contributed by atoms with van der Waals surface area (Å²) >= 11 is 0. The second kappa shape index (κ2) is 2.90. The molecule has 0 atom stereocenters. The van der Waals surface area contributed by atoms with Gasteiger partial charge in [0.15, 0.2) is 5.65 Å². The standard InChI is InChI=1S/C8H4F3N3/c9-8(10,11)6-2-1-5-7(14-6)13-4-3-12-5/h1-4H. The predicted molar refractivity (Wildman–Crippen MR) is 42.3 cm³/mol. The van der Waals surface area contributed by atoms with Crippen LogP contribution in [-0.2, 0) is 6.18 Å². The number of halogens is 3. The van der Waals surface area contributed by atoms with Crippen molar-refractivity contribution in [3.63, 3.8) is 0 Å². The van der Waals surface area contributed by atoms with Crippen molar-refractivity contribution in [2.75, 3.05) is 0 Å². The van der Waals surface area contributed by atoms with E-state index in [0.29, 0.717) is 5.52 Å². The largest absolute Gasteiger partial charge is 0.433 e. The average molecular weight is 199 g/mol. The Hall–Kier alpha value is -1.72. The Labute approximate surface area is 76.6 Å². The van der Waals surface area contributed by atoms with E-state index in [1.165, 1.54) is 18.5 Å². The van der Waals surface area contributed by atoms with Crippen molar-refractivity contribution in [2.24, 2.45) is 0 Å². The van der Waals surface area contributed by atoms with E-state index >= 15 is 0 Å². The Morgan fingerprint density at radius 1 is 1.00 bits per heavy atom. The van der Waals surface area contributed by atoms with Crippen LogP contribution in [0.15, 0.2) is 24.5 Å². The number of aromatic nitrogens is 3. The van der Waals surface area contributed by atoms with E-state index in [1.807, 2.05) is 0 Å². The molecule has 0 unspecified atom stereocenters. The Bertz CT molecular complexity index is 467. The fourth-order valence-electron chi connectivity index (χ4n) is 1.01. The number of fused-ring (bicyclic) bond motifs is 1. The van der Waals surface area contributed by atoms with E-state index in [2.05, 4.69) is 15.0 Å². The molecule has 0 amide bonds. The van der Waals surface area contributed by atoms with Crippen molar-refractivity contribution >= 4 is 11.2 Å². The first-order valence-electron chi connectivity index (χ1n) is 3.72. The molecule has 0 aliphatic carbocycles. The quantitative estimate of drug-likeness (QED) is 0.651. The first-order valence-corrected chi connectivity index (χ1v) is 3.72. The van der Waals surface area contributed by atoms with Crippen molar-refractivity contribution in [1.29, 1.82) is 0 Å². The molecule has 6 heteroatoms. The van der Waals surface area contributed by atoms with E-state index in [-0.39, 0.29) is 5.65 Å². The van der Waals surface area contributed by atoms with Crippen LogP contribution in [0.1, 0.15) is 5.69 Å². The summed E-state index contributed by atoms with van der Waals surface area (Å²) in [4.78, 5) is 10.8. The smallest absolute Gasteiger partial charge is 0.251 e. The van der Waals surface area contributed by atoms with E-state index < -0.39 is 11.9 Å². The molecule has 72 valence electrons. The minimum atomic E-state index is -4.44. The Morgan fingerprint density at radius 3 is 2.43 bits per heavy atom. The third-order valence-electron chi connectivity index (χ3n) is 1.62. The van der Waals surface area contributed by atoms with Crippen LogP contribution >= 0.6 is 0 Å².